The van der Waals surface area contributed by atoms with Gasteiger partial charge in [0.15, 0.2) is 0 Å². The lowest BCUT2D eigenvalue weighted by Crippen LogP contribution is -2.49. The molecule has 1 aromatic carbocycles. The van der Waals surface area contributed by atoms with Crippen LogP contribution in [0.2, 0.25) is 0 Å². The van der Waals surface area contributed by atoms with Crippen LogP contribution >= 0.6 is 0 Å². The zero-order valence-electron chi connectivity index (χ0n) is 15.9. The number of hydrogen-bond acceptors (Lipinski definition) is 4. The molecule has 2 fully saturated rings. The van der Waals surface area contributed by atoms with E-state index in [4.69, 9.17) is 4.74 Å². The van der Waals surface area contributed by atoms with Crippen molar-refractivity contribution in [2.24, 2.45) is 5.92 Å². The summed E-state index contributed by atoms with van der Waals surface area (Å²) in [5, 5.41) is 0. The van der Waals surface area contributed by atoms with E-state index in [0.717, 1.165) is 51.0 Å². The Morgan fingerprint density at radius 3 is 2.52 bits per heavy atom. The number of rotatable bonds is 3. The maximum absolute atomic E-state index is 12.9. The standard InChI is InChI=1S/C21H29N3O3/c25-20(24-9-3-5-17-4-1-2-6-19(17)24)16-22-10-7-18(8-11-22)21(26)23-12-14-27-15-13-23/h1-2,4,6,18H,3,5,7-16H2. The van der Waals surface area contributed by atoms with Crippen molar-refractivity contribution in [3.05, 3.63) is 29.8 Å². The molecule has 0 spiro atoms. The summed E-state index contributed by atoms with van der Waals surface area (Å²) in [6, 6.07) is 8.23. The Kier molecular flexibility index (Phi) is 5.74. The molecule has 2 amide bonds. The molecule has 3 aliphatic heterocycles. The third kappa shape index (κ3) is 4.17. The van der Waals surface area contributed by atoms with E-state index in [2.05, 4.69) is 17.0 Å². The van der Waals surface area contributed by atoms with E-state index in [1.807, 2.05) is 21.9 Å². The van der Waals surface area contributed by atoms with Gasteiger partial charge in [0, 0.05) is 31.2 Å². The van der Waals surface area contributed by atoms with Gasteiger partial charge in [0.25, 0.3) is 0 Å². The Hall–Kier alpha value is -1.92. The van der Waals surface area contributed by atoms with Crippen LogP contribution in [0.5, 0.6) is 0 Å². The van der Waals surface area contributed by atoms with Crippen LogP contribution in [0.1, 0.15) is 24.8 Å². The first-order valence-electron chi connectivity index (χ1n) is 10.2. The van der Waals surface area contributed by atoms with Crippen molar-refractivity contribution in [1.29, 1.82) is 0 Å². The number of fused-ring (bicyclic) bond motifs is 1. The quantitative estimate of drug-likeness (QED) is 0.809. The van der Waals surface area contributed by atoms with Crippen molar-refractivity contribution < 1.29 is 14.3 Å². The third-order valence-corrected chi connectivity index (χ3v) is 6.03. The minimum atomic E-state index is 0.102. The highest BCUT2D eigenvalue weighted by Crippen LogP contribution is 2.27. The lowest BCUT2D eigenvalue weighted by atomic mass is 9.95. The molecular formula is C21H29N3O3. The Morgan fingerprint density at radius 1 is 1.00 bits per heavy atom. The number of ether oxygens (including phenoxy) is 1. The van der Waals surface area contributed by atoms with Crippen LogP contribution in [0.15, 0.2) is 24.3 Å². The number of benzene rings is 1. The highest BCUT2D eigenvalue weighted by molar-refractivity contribution is 5.96. The predicted octanol–water partition coefficient (Wildman–Crippen LogP) is 1.54. The summed E-state index contributed by atoms with van der Waals surface area (Å²) in [4.78, 5) is 31.6. The van der Waals surface area contributed by atoms with Gasteiger partial charge in [0.05, 0.1) is 19.8 Å². The largest absolute Gasteiger partial charge is 0.378 e. The second-order valence-corrected chi connectivity index (χ2v) is 7.77. The van der Waals surface area contributed by atoms with Crippen LogP contribution in [0.4, 0.5) is 5.69 Å². The number of morpholine rings is 1. The summed E-state index contributed by atoms with van der Waals surface area (Å²) in [6.45, 7) is 5.63. The minimum absolute atomic E-state index is 0.102. The Bertz CT molecular complexity index is 679. The van der Waals surface area contributed by atoms with Crippen molar-refractivity contribution in [3.63, 3.8) is 0 Å². The molecule has 1 aromatic rings. The van der Waals surface area contributed by atoms with E-state index in [9.17, 15) is 9.59 Å². The number of amides is 2. The van der Waals surface area contributed by atoms with Gasteiger partial charge in [-0.25, -0.2) is 0 Å². The van der Waals surface area contributed by atoms with Gasteiger partial charge in [-0.3, -0.25) is 14.5 Å². The number of hydrogen-bond donors (Lipinski definition) is 0. The van der Waals surface area contributed by atoms with E-state index >= 15 is 0 Å². The molecule has 0 atom stereocenters. The van der Waals surface area contributed by atoms with Gasteiger partial charge in [-0.1, -0.05) is 18.2 Å². The maximum Gasteiger partial charge on any atom is 0.241 e. The summed E-state index contributed by atoms with van der Waals surface area (Å²) < 4.78 is 5.34. The molecule has 6 heteroatoms. The fourth-order valence-corrected chi connectivity index (χ4v) is 4.45. The summed E-state index contributed by atoms with van der Waals surface area (Å²) >= 11 is 0. The van der Waals surface area contributed by atoms with E-state index in [0.29, 0.717) is 32.8 Å². The van der Waals surface area contributed by atoms with E-state index in [-0.39, 0.29) is 17.7 Å². The van der Waals surface area contributed by atoms with Gasteiger partial charge in [-0.2, -0.15) is 0 Å². The average Bonchev–Trinajstić information content (AvgIpc) is 2.74. The van der Waals surface area contributed by atoms with Crippen LogP contribution in [-0.4, -0.2) is 74.1 Å². The highest BCUT2D eigenvalue weighted by atomic mass is 16.5. The zero-order valence-corrected chi connectivity index (χ0v) is 15.9. The van der Waals surface area contributed by atoms with E-state index in [1.165, 1.54) is 5.56 Å². The Morgan fingerprint density at radius 2 is 1.74 bits per heavy atom. The van der Waals surface area contributed by atoms with Crippen LogP contribution in [-0.2, 0) is 20.7 Å². The SMILES string of the molecule is O=C(C1CCN(CC(=O)N2CCCc3ccccc32)CC1)N1CCOCC1. The van der Waals surface area contributed by atoms with Crippen molar-refractivity contribution in [1.82, 2.24) is 9.80 Å². The van der Waals surface area contributed by atoms with Crippen LogP contribution in [0.25, 0.3) is 0 Å². The average molecular weight is 371 g/mol. The number of carbonyl (C=O) groups is 2. The molecule has 0 saturated carbocycles. The molecule has 0 N–H and O–H groups in total. The highest BCUT2D eigenvalue weighted by Gasteiger charge is 2.31. The number of likely N-dealkylation sites (tertiary alicyclic amines) is 1. The number of piperidine rings is 1. The molecule has 27 heavy (non-hydrogen) atoms. The first kappa shape index (κ1) is 18.4. The third-order valence-electron chi connectivity index (χ3n) is 6.03. The Labute approximate surface area is 161 Å². The first-order valence-corrected chi connectivity index (χ1v) is 10.2. The first-order chi connectivity index (χ1) is 13.2. The van der Waals surface area contributed by atoms with Gasteiger partial charge in [0.1, 0.15) is 0 Å². The van der Waals surface area contributed by atoms with Gasteiger partial charge in [-0.15, -0.1) is 0 Å². The molecule has 0 radical (unpaired) electrons. The van der Waals surface area contributed by atoms with Gasteiger partial charge in [0.2, 0.25) is 11.8 Å². The van der Waals surface area contributed by atoms with Crippen molar-refractivity contribution in [3.8, 4) is 0 Å². The van der Waals surface area contributed by atoms with E-state index in [1.54, 1.807) is 0 Å². The topological polar surface area (TPSA) is 53.1 Å². The molecule has 0 aliphatic carbocycles. The summed E-state index contributed by atoms with van der Waals surface area (Å²) in [5.74, 6) is 0.555. The number of anilines is 1. The fourth-order valence-electron chi connectivity index (χ4n) is 4.45. The summed E-state index contributed by atoms with van der Waals surface area (Å²) in [6.07, 6.45) is 3.77. The van der Waals surface area contributed by atoms with Crippen molar-refractivity contribution in [2.45, 2.75) is 25.7 Å². The molecule has 0 aromatic heterocycles. The maximum atomic E-state index is 12.9. The van der Waals surface area contributed by atoms with Crippen molar-refractivity contribution in [2.75, 3.05) is 57.4 Å². The molecule has 2 saturated heterocycles. The van der Waals surface area contributed by atoms with Crippen LogP contribution in [0.3, 0.4) is 0 Å². The molecule has 146 valence electrons. The second kappa shape index (κ2) is 8.40. The molecular weight excluding hydrogens is 342 g/mol. The zero-order chi connectivity index (χ0) is 18.6. The Balaban J connectivity index is 1.29. The molecule has 3 heterocycles. The normalized spacial score (nSPS) is 21.8. The fraction of sp³-hybridized carbons (Fsp3) is 0.619. The van der Waals surface area contributed by atoms with Crippen LogP contribution < -0.4 is 4.90 Å². The van der Waals surface area contributed by atoms with E-state index < -0.39 is 0 Å². The van der Waals surface area contributed by atoms with Gasteiger partial charge < -0.3 is 14.5 Å². The molecule has 0 unspecified atom stereocenters. The lowest BCUT2D eigenvalue weighted by Gasteiger charge is -2.36. The van der Waals surface area contributed by atoms with Crippen LogP contribution in [0, 0.1) is 5.92 Å². The smallest absolute Gasteiger partial charge is 0.241 e. The monoisotopic (exact) mass is 371 g/mol. The van der Waals surface area contributed by atoms with Crippen molar-refractivity contribution >= 4 is 17.5 Å². The van der Waals surface area contributed by atoms with Gasteiger partial charge >= 0.3 is 0 Å². The number of carbonyl (C=O) groups excluding carboxylic acids is 2. The minimum Gasteiger partial charge on any atom is -0.378 e. The second-order valence-electron chi connectivity index (χ2n) is 7.77. The summed E-state index contributed by atoms with van der Waals surface area (Å²) in [5.41, 5.74) is 2.35. The molecule has 6 nitrogen and oxygen atoms in total. The number of aryl methyl sites for hydroxylation is 1. The number of para-hydroxylation sites is 1. The lowest BCUT2D eigenvalue weighted by molar-refractivity contribution is -0.141. The predicted molar refractivity (Wildman–Crippen MR) is 104 cm³/mol. The summed E-state index contributed by atoms with van der Waals surface area (Å²) in [7, 11) is 0. The molecule has 0 bridgehead atoms. The number of nitrogens with zero attached hydrogens (tertiary/aromatic N) is 3. The van der Waals surface area contributed by atoms with Gasteiger partial charge in [-0.05, 0) is 50.4 Å². The molecule has 4 rings (SSSR count). The molecule has 3 aliphatic rings.